The molecule has 2 aromatic carbocycles. The lowest BCUT2D eigenvalue weighted by atomic mass is 10.2. The first-order valence-electron chi connectivity index (χ1n) is 7.65. The molecule has 0 saturated heterocycles. The van der Waals surface area contributed by atoms with Gasteiger partial charge in [-0.05, 0) is 24.6 Å². The number of para-hydroxylation sites is 1. The van der Waals surface area contributed by atoms with Crippen LogP contribution >= 0.6 is 24.0 Å². The van der Waals surface area contributed by atoms with Crippen LogP contribution in [0.1, 0.15) is 12.0 Å². The topological polar surface area (TPSA) is 45.7 Å². The van der Waals surface area contributed by atoms with E-state index in [2.05, 4.69) is 15.6 Å². The number of ether oxygens (including phenoxy) is 1. The SMILES string of the molecule is CN=C(NCCCOc1ccccc1)NCc1ccccc1F.I. The minimum atomic E-state index is -0.216. The van der Waals surface area contributed by atoms with Gasteiger partial charge in [-0.15, -0.1) is 24.0 Å². The molecule has 0 saturated carbocycles. The van der Waals surface area contributed by atoms with E-state index in [9.17, 15) is 4.39 Å². The van der Waals surface area contributed by atoms with E-state index in [1.807, 2.05) is 36.4 Å². The molecule has 0 amide bonds. The minimum Gasteiger partial charge on any atom is -0.494 e. The fourth-order valence-electron chi connectivity index (χ4n) is 2.03. The van der Waals surface area contributed by atoms with Crippen LogP contribution in [0, 0.1) is 5.82 Å². The number of guanidine groups is 1. The first-order valence-corrected chi connectivity index (χ1v) is 7.65. The van der Waals surface area contributed by atoms with Crippen molar-refractivity contribution in [2.45, 2.75) is 13.0 Å². The number of nitrogens with zero attached hydrogens (tertiary/aromatic N) is 1. The Morgan fingerprint density at radius 2 is 1.75 bits per heavy atom. The van der Waals surface area contributed by atoms with Gasteiger partial charge in [-0.25, -0.2) is 4.39 Å². The molecular formula is C18H23FIN3O. The number of rotatable bonds is 7. The van der Waals surface area contributed by atoms with Crippen molar-refractivity contribution >= 4 is 29.9 Å². The van der Waals surface area contributed by atoms with Crippen molar-refractivity contribution in [3.63, 3.8) is 0 Å². The van der Waals surface area contributed by atoms with Crippen LogP contribution in [0.3, 0.4) is 0 Å². The molecule has 0 aromatic heterocycles. The van der Waals surface area contributed by atoms with Crippen molar-refractivity contribution in [1.82, 2.24) is 10.6 Å². The molecule has 0 atom stereocenters. The maximum Gasteiger partial charge on any atom is 0.191 e. The second kappa shape index (κ2) is 11.7. The molecule has 0 bridgehead atoms. The summed E-state index contributed by atoms with van der Waals surface area (Å²) in [6.07, 6.45) is 0.843. The number of hydrogen-bond donors (Lipinski definition) is 2. The average Bonchev–Trinajstić information content (AvgIpc) is 2.59. The fraction of sp³-hybridized carbons (Fsp3) is 0.278. The van der Waals surface area contributed by atoms with Gasteiger partial charge in [0.05, 0.1) is 6.61 Å². The summed E-state index contributed by atoms with van der Waals surface area (Å²) in [5.41, 5.74) is 0.614. The summed E-state index contributed by atoms with van der Waals surface area (Å²) in [6.45, 7) is 1.75. The smallest absolute Gasteiger partial charge is 0.191 e. The van der Waals surface area contributed by atoms with E-state index in [0.717, 1.165) is 18.7 Å². The van der Waals surface area contributed by atoms with E-state index in [1.165, 1.54) is 6.07 Å². The predicted molar refractivity (Wildman–Crippen MR) is 107 cm³/mol. The first kappa shape index (κ1) is 20.2. The minimum absolute atomic E-state index is 0. The van der Waals surface area contributed by atoms with Crippen LogP contribution in [0.2, 0.25) is 0 Å². The first-order chi connectivity index (χ1) is 11.3. The molecule has 6 heteroatoms. The van der Waals surface area contributed by atoms with Gasteiger partial charge < -0.3 is 15.4 Å². The Kier molecular flexibility index (Phi) is 9.83. The molecule has 4 nitrogen and oxygen atoms in total. The number of aliphatic imine (C=N–C) groups is 1. The van der Waals surface area contributed by atoms with Crippen LogP contribution in [0.5, 0.6) is 5.75 Å². The Balaban J connectivity index is 0.00000288. The molecular weight excluding hydrogens is 420 g/mol. The van der Waals surface area contributed by atoms with Crippen molar-refractivity contribution in [3.05, 3.63) is 66.0 Å². The molecule has 0 aliphatic carbocycles. The van der Waals surface area contributed by atoms with Crippen LogP contribution in [0.25, 0.3) is 0 Å². The maximum absolute atomic E-state index is 13.5. The summed E-state index contributed by atoms with van der Waals surface area (Å²) >= 11 is 0. The standard InChI is InChI=1S/C18H22FN3O.HI/c1-20-18(22-14-15-8-5-6-11-17(15)19)21-12-7-13-23-16-9-3-2-4-10-16;/h2-6,8-11H,7,12-14H2,1H3,(H2,20,21,22);1H. The number of halogens is 2. The summed E-state index contributed by atoms with van der Waals surface area (Å²) in [4.78, 5) is 4.12. The summed E-state index contributed by atoms with van der Waals surface area (Å²) in [5, 5.41) is 6.28. The molecule has 0 fully saturated rings. The zero-order valence-electron chi connectivity index (χ0n) is 13.7. The molecule has 24 heavy (non-hydrogen) atoms. The number of benzene rings is 2. The van der Waals surface area contributed by atoms with E-state index in [-0.39, 0.29) is 29.8 Å². The normalized spacial score (nSPS) is 10.7. The average molecular weight is 443 g/mol. The van der Waals surface area contributed by atoms with Crippen LogP contribution in [-0.4, -0.2) is 26.2 Å². The molecule has 2 N–H and O–H groups in total. The molecule has 0 spiro atoms. The largest absolute Gasteiger partial charge is 0.494 e. The lowest BCUT2D eigenvalue weighted by molar-refractivity contribution is 0.311. The van der Waals surface area contributed by atoms with Gasteiger partial charge in [-0.1, -0.05) is 36.4 Å². The Bertz CT molecular complexity index is 623. The van der Waals surface area contributed by atoms with E-state index >= 15 is 0 Å². The van der Waals surface area contributed by atoms with Gasteiger partial charge in [-0.2, -0.15) is 0 Å². The van der Waals surface area contributed by atoms with Gasteiger partial charge >= 0.3 is 0 Å². The second-order valence-electron chi connectivity index (χ2n) is 4.96. The van der Waals surface area contributed by atoms with E-state index < -0.39 is 0 Å². The van der Waals surface area contributed by atoms with Crippen LogP contribution in [0.4, 0.5) is 4.39 Å². The third-order valence-electron chi connectivity index (χ3n) is 3.25. The highest BCUT2D eigenvalue weighted by Crippen LogP contribution is 2.08. The van der Waals surface area contributed by atoms with Gasteiger partial charge in [0.15, 0.2) is 5.96 Å². The number of nitrogens with one attached hydrogen (secondary N) is 2. The zero-order chi connectivity index (χ0) is 16.3. The van der Waals surface area contributed by atoms with Gasteiger partial charge in [-0.3, -0.25) is 4.99 Å². The highest BCUT2D eigenvalue weighted by molar-refractivity contribution is 14.0. The van der Waals surface area contributed by atoms with Crippen molar-refractivity contribution in [2.24, 2.45) is 4.99 Å². The van der Waals surface area contributed by atoms with Gasteiger partial charge in [0.25, 0.3) is 0 Å². The van der Waals surface area contributed by atoms with E-state index in [1.54, 1.807) is 19.2 Å². The van der Waals surface area contributed by atoms with E-state index in [4.69, 9.17) is 4.74 Å². The third-order valence-corrected chi connectivity index (χ3v) is 3.25. The lowest BCUT2D eigenvalue weighted by Gasteiger charge is -2.12. The van der Waals surface area contributed by atoms with Gasteiger partial charge in [0, 0.05) is 25.7 Å². The molecule has 130 valence electrons. The van der Waals surface area contributed by atoms with Crippen molar-refractivity contribution in [1.29, 1.82) is 0 Å². The quantitative estimate of drug-likeness (QED) is 0.298. The zero-order valence-corrected chi connectivity index (χ0v) is 16.0. The molecule has 0 aliphatic heterocycles. The highest BCUT2D eigenvalue weighted by Gasteiger charge is 2.02. The Hall–Kier alpha value is -1.83. The Morgan fingerprint density at radius 1 is 1.04 bits per heavy atom. The van der Waals surface area contributed by atoms with Gasteiger partial charge in [0.1, 0.15) is 11.6 Å². The summed E-state index contributed by atoms with van der Waals surface area (Å²) in [7, 11) is 1.69. The van der Waals surface area contributed by atoms with E-state index in [0.29, 0.717) is 24.7 Å². The maximum atomic E-state index is 13.5. The second-order valence-corrected chi connectivity index (χ2v) is 4.96. The van der Waals surface area contributed by atoms with Crippen LogP contribution in [0.15, 0.2) is 59.6 Å². The molecule has 2 rings (SSSR count). The summed E-state index contributed by atoms with van der Waals surface area (Å²) in [6, 6.07) is 16.4. The number of hydrogen-bond acceptors (Lipinski definition) is 2. The van der Waals surface area contributed by atoms with Crippen molar-refractivity contribution < 1.29 is 9.13 Å². The summed E-state index contributed by atoms with van der Waals surface area (Å²) in [5.74, 6) is 1.30. The van der Waals surface area contributed by atoms with Crippen LogP contribution < -0.4 is 15.4 Å². The lowest BCUT2D eigenvalue weighted by Crippen LogP contribution is -2.37. The summed E-state index contributed by atoms with van der Waals surface area (Å²) < 4.78 is 19.2. The predicted octanol–water partition coefficient (Wildman–Crippen LogP) is 3.58. The molecule has 0 heterocycles. The fourth-order valence-corrected chi connectivity index (χ4v) is 2.03. The van der Waals surface area contributed by atoms with Crippen molar-refractivity contribution in [3.8, 4) is 5.75 Å². The Morgan fingerprint density at radius 3 is 2.46 bits per heavy atom. The molecule has 0 unspecified atom stereocenters. The molecule has 2 aromatic rings. The highest BCUT2D eigenvalue weighted by atomic mass is 127. The monoisotopic (exact) mass is 443 g/mol. The van der Waals surface area contributed by atoms with Crippen molar-refractivity contribution in [2.75, 3.05) is 20.2 Å². The Labute approximate surface area is 159 Å². The van der Waals surface area contributed by atoms with Crippen LogP contribution in [-0.2, 0) is 6.54 Å². The molecule has 0 radical (unpaired) electrons. The molecule has 0 aliphatic rings. The third kappa shape index (κ3) is 7.16. The van der Waals surface area contributed by atoms with Gasteiger partial charge in [0.2, 0.25) is 0 Å².